The zero-order valence-corrected chi connectivity index (χ0v) is 9.78. The van der Waals surface area contributed by atoms with Gasteiger partial charge in [0.1, 0.15) is 4.90 Å². The summed E-state index contributed by atoms with van der Waals surface area (Å²) in [6, 6.07) is 5.95. The second kappa shape index (κ2) is 6.70. The normalized spacial score (nSPS) is 10.2. The van der Waals surface area contributed by atoms with Crippen molar-refractivity contribution in [3.8, 4) is 0 Å². The molecule has 0 atom stereocenters. The van der Waals surface area contributed by atoms with E-state index in [-0.39, 0.29) is 30.4 Å². The van der Waals surface area contributed by atoms with Crippen molar-refractivity contribution in [3.63, 3.8) is 0 Å². The molecule has 0 amide bonds. The van der Waals surface area contributed by atoms with E-state index in [1.165, 1.54) is 12.1 Å². The van der Waals surface area contributed by atoms with E-state index in [1.807, 2.05) is 6.92 Å². The molecule has 0 bridgehead atoms. The van der Waals surface area contributed by atoms with Gasteiger partial charge in [0.15, 0.2) is 0 Å². The molecule has 0 heterocycles. The third-order valence-corrected chi connectivity index (χ3v) is 2.95. The summed E-state index contributed by atoms with van der Waals surface area (Å²) in [5.74, 6) is 0. The van der Waals surface area contributed by atoms with Crippen LogP contribution in [-0.4, -0.2) is 40.0 Å². The van der Waals surface area contributed by atoms with Crippen molar-refractivity contribution in [2.45, 2.75) is 18.7 Å². The van der Waals surface area contributed by atoms with E-state index >= 15 is 0 Å². The number of carbonyl (C=O) groups is 1. The minimum atomic E-state index is -4.07. The number of rotatable bonds is 3. The second-order valence-electron chi connectivity index (χ2n) is 3.03. The molecule has 90 valence electrons. The minimum absolute atomic E-state index is 0. The van der Waals surface area contributed by atoms with Gasteiger partial charge in [-0.15, -0.1) is 0 Å². The molecule has 0 aliphatic heterocycles. The fourth-order valence-corrected chi connectivity index (χ4v) is 1.78. The van der Waals surface area contributed by atoms with Gasteiger partial charge in [0.25, 0.3) is 0 Å². The van der Waals surface area contributed by atoms with Crippen molar-refractivity contribution in [2.24, 2.45) is 0 Å². The Morgan fingerprint density at radius 1 is 1.24 bits per heavy atom. The van der Waals surface area contributed by atoms with E-state index in [0.717, 1.165) is 5.56 Å². The van der Waals surface area contributed by atoms with Crippen LogP contribution in [0, 0.1) is 6.92 Å². The average molecular weight is 252 g/mol. The van der Waals surface area contributed by atoms with Gasteiger partial charge in [0.05, 0.1) is 6.61 Å². The summed E-state index contributed by atoms with van der Waals surface area (Å²) in [6.45, 7) is 3.44. The zero-order chi connectivity index (χ0) is 12.2. The molecule has 0 radical (unpaired) electrons. The van der Waals surface area contributed by atoms with Crippen LogP contribution in [0.2, 0.25) is 0 Å². The molecule has 1 aromatic carbocycles. The van der Waals surface area contributed by atoms with Crippen molar-refractivity contribution in [1.29, 1.82) is 0 Å². The number of hydrogen-bond acceptors (Lipinski definition) is 5. The van der Waals surface area contributed by atoms with Crippen LogP contribution in [0.3, 0.4) is 0 Å². The first kappa shape index (κ1) is 16.0. The Morgan fingerprint density at radius 3 is 2.24 bits per heavy atom. The molecule has 0 aliphatic rings. The van der Waals surface area contributed by atoms with Gasteiger partial charge in [-0.25, -0.2) is 4.79 Å². The van der Waals surface area contributed by atoms with Crippen molar-refractivity contribution in [1.82, 2.24) is 0 Å². The van der Waals surface area contributed by atoms with Crippen LogP contribution in [0.1, 0.15) is 12.5 Å². The van der Waals surface area contributed by atoms with E-state index in [0.29, 0.717) is 0 Å². The molecule has 5 nitrogen and oxygen atoms in total. The first-order chi connectivity index (χ1) is 7.45. The molecule has 0 saturated carbocycles. The maximum atomic E-state index is 11.5. The fraction of sp³-hybridized carbons (Fsp3) is 0.300. The number of aryl methyl sites for hydroxylation is 1. The van der Waals surface area contributed by atoms with E-state index in [4.69, 9.17) is 0 Å². The van der Waals surface area contributed by atoms with Crippen LogP contribution in [-0.2, 0) is 19.0 Å². The molecule has 0 spiro atoms. The maximum absolute atomic E-state index is 11.5. The predicted octanol–water partition coefficient (Wildman–Crippen LogP) is 1.21. The SMILES string of the molecule is CCOC(=O)OS(=O)(=O)c1ccc(C)cc1.[LiH]. The third kappa shape index (κ3) is 4.82. The summed E-state index contributed by atoms with van der Waals surface area (Å²) in [6.07, 6.45) is -1.22. The van der Waals surface area contributed by atoms with Crippen molar-refractivity contribution in [2.75, 3.05) is 6.61 Å². The summed E-state index contributed by atoms with van der Waals surface area (Å²) in [7, 11) is -4.07. The van der Waals surface area contributed by atoms with Crippen LogP contribution in [0.25, 0.3) is 0 Å². The first-order valence-corrected chi connectivity index (χ1v) is 6.04. The Morgan fingerprint density at radius 2 is 1.76 bits per heavy atom. The van der Waals surface area contributed by atoms with E-state index in [9.17, 15) is 13.2 Å². The summed E-state index contributed by atoms with van der Waals surface area (Å²) in [5, 5.41) is 0. The summed E-state index contributed by atoms with van der Waals surface area (Å²) in [4.78, 5) is 10.8. The quantitative estimate of drug-likeness (QED) is 0.459. The second-order valence-corrected chi connectivity index (χ2v) is 4.58. The number of carbonyl (C=O) groups excluding carboxylic acids is 1. The summed E-state index contributed by atoms with van der Waals surface area (Å²) < 4.78 is 31.6. The van der Waals surface area contributed by atoms with E-state index in [1.54, 1.807) is 19.1 Å². The Labute approximate surface area is 112 Å². The van der Waals surface area contributed by atoms with Gasteiger partial charge in [0, 0.05) is 0 Å². The zero-order valence-electron chi connectivity index (χ0n) is 8.97. The molecule has 0 fully saturated rings. The average Bonchev–Trinajstić information content (AvgIpc) is 2.17. The fourth-order valence-electron chi connectivity index (χ4n) is 0.985. The summed E-state index contributed by atoms with van der Waals surface area (Å²) in [5.41, 5.74) is 0.912. The van der Waals surface area contributed by atoms with Crippen LogP contribution in [0.15, 0.2) is 29.2 Å². The van der Waals surface area contributed by atoms with Gasteiger partial charge in [0.2, 0.25) is 0 Å². The van der Waals surface area contributed by atoms with Crippen LogP contribution in [0.4, 0.5) is 4.79 Å². The monoisotopic (exact) mass is 252 g/mol. The van der Waals surface area contributed by atoms with E-state index in [2.05, 4.69) is 8.92 Å². The van der Waals surface area contributed by atoms with Gasteiger partial charge in [-0.3, -0.25) is 0 Å². The van der Waals surface area contributed by atoms with Gasteiger partial charge in [-0.1, -0.05) is 17.7 Å². The Hall–Kier alpha value is -0.963. The molecule has 7 heteroatoms. The van der Waals surface area contributed by atoms with Crippen LogP contribution in [0.5, 0.6) is 0 Å². The predicted molar refractivity (Wildman–Crippen MR) is 63.6 cm³/mol. The Kier molecular flexibility index (Phi) is 6.32. The molecule has 1 rings (SSSR count). The number of hydrogen-bond donors (Lipinski definition) is 0. The van der Waals surface area contributed by atoms with Gasteiger partial charge in [-0.05, 0) is 26.0 Å². The van der Waals surface area contributed by atoms with Gasteiger partial charge < -0.3 is 8.92 Å². The molecule has 1 aromatic rings. The Balaban J connectivity index is 0.00000256. The molecule has 0 aliphatic carbocycles. The molecule has 0 aromatic heterocycles. The molecule has 0 unspecified atom stereocenters. The molecule has 17 heavy (non-hydrogen) atoms. The Bertz CT molecular complexity index is 466. The standard InChI is InChI=1S/C10H12O5S.Li.H/c1-3-14-10(11)15-16(12,13)9-6-4-8(2)5-7-9;;/h4-7H,3H2,1-2H3;;. The van der Waals surface area contributed by atoms with Crippen LogP contribution >= 0.6 is 0 Å². The molecular weight excluding hydrogens is 239 g/mol. The van der Waals surface area contributed by atoms with Crippen LogP contribution < -0.4 is 0 Å². The summed E-state index contributed by atoms with van der Waals surface area (Å²) >= 11 is 0. The molecular formula is C10H13LiO5S. The van der Waals surface area contributed by atoms with Gasteiger partial charge >= 0.3 is 35.1 Å². The molecule has 0 saturated heterocycles. The van der Waals surface area contributed by atoms with Crippen molar-refractivity contribution < 1.29 is 22.1 Å². The first-order valence-electron chi connectivity index (χ1n) is 4.63. The number of ether oxygens (including phenoxy) is 1. The number of benzene rings is 1. The third-order valence-electron chi connectivity index (χ3n) is 1.75. The van der Waals surface area contributed by atoms with E-state index < -0.39 is 16.3 Å². The topological polar surface area (TPSA) is 69.7 Å². The van der Waals surface area contributed by atoms with Crippen molar-refractivity contribution in [3.05, 3.63) is 29.8 Å². The molecule has 0 N–H and O–H groups in total. The van der Waals surface area contributed by atoms with Crippen molar-refractivity contribution >= 4 is 35.1 Å². The van der Waals surface area contributed by atoms with Gasteiger partial charge in [-0.2, -0.15) is 8.42 Å².